The second-order valence-electron chi connectivity index (χ2n) is 6.34. The second kappa shape index (κ2) is 7.03. The molecule has 0 aromatic heterocycles. The van der Waals surface area contributed by atoms with E-state index in [4.69, 9.17) is 9.84 Å². The van der Waals surface area contributed by atoms with Crippen molar-refractivity contribution in [3.63, 3.8) is 0 Å². The van der Waals surface area contributed by atoms with Gasteiger partial charge in [-0.1, -0.05) is 34.8 Å². The van der Waals surface area contributed by atoms with Crippen LogP contribution in [-0.2, 0) is 0 Å². The van der Waals surface area contributed by atoms with Crippen LogP contribution in [0.25, 0.3) is 0 Å². The van der Waals surface area contributed by atoms with Gasteiger partial charge in [0.05, 0.1) is 6.61 Å². The molecule has 1 saturated carbocycles. The molecule has 0 saturated heterocycles. The molecule has 1 aromatic carbocycles. The number of hydrogen-bond donors (Lipinski definition) is 0. The third kappa shape index (κ3) is 3.32. The summed E-state index contributed by atoms with van der Waals surface area (Å²) in [4.78, 5) is 0. The topological polar surface area (TPSA) is 24.8 Å². The zero-order valence-electron chi connectivity index (χ0n) is 13.5. The molecule has 22 heavy (non-hydrogen) atoms. The fraction of sp³-hybridized carbons (Fsp3) is 0.611. The summed E-state index contributed by atoms with van der Waals surface area (Å²) in [6.07, 6.45) is 6.27. The van der Waals surface area contributed by atoms with E-state index in [-0.39, 0.29) is 0 Å². The summed E-state index contributed by atoms with van der Waals surface area (Å²) in [5.74, 6) is 2.17. The van der Waals surface area contributed by atoms with Gasteiger partial charge in [-0.2, -0.15) is 5.10 Å². The van der Waals surface area contributed by atoms with Crippen LogP contribution in [0.5, 0.6) is 5.75 Å². The highest BCUT2D eigenvalue weighted by Crippen LogP contribution is 2.44. The fourth-order valence-electron chi connectivity index (χ4n) is 3.85. The summed E-state index contributed by atoms with van der Waals surface area (Å²) in [7, 11) is 2.08. The van der Waals surface area contributed by atoms with Crippen molar-refractivity contribution < 1.29 is 4.74 Å². The van der Waals surface area contributed by atoms with Crippen molar-refractivity contribution in [3.05, 3.63) is 28.2 Å². The summed E-state index contributed by atoms with van der Waals surface area (Å²) in [5, 5.41) is 6.87. The second-order valence-corrected chi connectivity index (χ2v) is 7.25. The van der Waals surface area contributed by atoms with Crippen LogP contribution in [0, 0.1) is 5.92 Å². The number of ether oxygens (including phenoxy) is 1. The molecule has 0 spiro atoms. The maximum absolute atomic E-state index is 5.92. The van der Waals surface area contributed by atoms with Gasteiger partial charge in [-0.25, -0.2) is 0 Å². The average molecular weight is 365 g/mol. The summed E-state index contributed by atoms with van der Waals surface area (Å²) in [5.41, 5.74) is 2.77. The normalized spacial score (nSPS) is 25.2. The van der Waals surface area contributed by atoms with Gasteiger partial charge in [0.15, 0.2) is 0 Å². The van der Waals surface area contributed by atoms with Crippen molar-refractivity contribution in [2.75, 3.05) is 20.2 Å². The lowest BCUT2D eigenvalue weighted by molar-refractivity contribution is 0.318. The van der Waals surface area contributed by atoms with Crippen molar-refractivity contribution in [3.8, 4) is 5.75 Å². The third-order valence-corrected chi connectivity index (χ3v) is 5.35. The Morgan fingerprint density at radius 3 is 2.73 bits per heavy atom. The molecule has 2 aliphatic rings. The van der Waals surface area contributed by atoms with E-state index in [2.05, 4.69) is 53.1 Å². The summed E-state index contributed by atoms with van der Waals surface area (Å²) in [6, 6.07) is 6.51. The minimum absolute atomic E-state index is 0.550. The van der Waals surface area contributed by atoms with Gasteiger partial charge in [-0.3, -0.25) is 5.01 Å². The molecule has 4 heteroatoms. The molecule has 0 amide bonds. The highest BCUT2D eigenvalue weighted by atomic mass is 79.9. The number of halogens is 1. The van der Waals surface area contributed by atoms with E-state index >= 15 is 0 Å². The molecule has 2 atom stereocenters. The molecule has 1 aliphatic carbocycles. The first-order chi connectivity index (χ1) is 10.7. The molecule has 3 rings (SSSR count). The smallest absolute Gasteiger partial charge is 0.123 e. The molecular weight excluding hydrogens is 340 g/mol. The van der Waals surface area contributed by atoms with Gasteiger partial charge in [0.25, 0.3) is 0 Å². The molecule has 1 fully saturated rings. The highest BCUT2D eigenvalue weighted by Gasteiger charge is 2.33. The van der Waals surface area contributed by atoms with E-state index in [0.29, 0.717) is 18.4 Å². The molecule has 2 unspecified atom stereocenters. The van der Waals surface area contributed by atoms with Crippen LogP contribution in [0.15, 0.2) is 27.8 Å². The standard InChI is InChI=1S/C18H25BrN2O/c1-3-22-18-12-13(19)8-9-16(18)14-6-4-5-7-15(14)17-10-11-21(2)20-17/h8-9,12,14-15H,3-7,10-11H2,1-2H3. The Bertz CT molecular complexity index is 558. The van der Waals surface area contributed by atoms with E-state index in [1.807, 2.05) is 0 Å². The first-order valence-corrected chi connectivity index (χ1v) is 9.19. The molecule has 3 nitrogen and oxygen atoms in total. The summed E-state index contributed by atoms with van der Waals surface area (Å²) < 4.78 is 7.01. The van der Waals surface area contributed by atoms with Crippen LogP contribution in [0.1, 0.15) is 50.5 Å². The lowest BCUT2D eigenvalue weighted by atomic mass is 9.72. The molecule has 0 N–H and O–H groups in total. The van der Waals surface area contributed by atoms with E-state index in [0.717, 1.165) is 23.2 Å². The van der Waals surface area contributed by atoms with Crippen LogP contribution in [0.4, 0.5) is 0 Å². The first-order valence-electron chi connectivity index (χ1n) is 8.39. The molecule has 1 heterocycles. The molecule has 1 aliphatic heterocycles. The maximum Gasteiger partial charge on any atom is 0.123 e. The number of hydrogen-bond acceptors (Lipinski definition) is 3. The SMILES string of the molecule is CCOc1cc(Br)ccc1C1CCCCC1C1=NN(C)CC1. The van der Waals surface area contributed by atoms with Gasteiger partial charge in [0.1, 0.15) is 5.75 Å². The molecule has 120 valence electrons. The summed E-state index contributed by atoms with van der Waals surface area (Å²) >= 11 is 3.57. The molecular formula is C18H25BrN2O. The lowest BCUT2D eigenvalue weighted by Gasteiger charge is -2.33. The first kappa shape index (κ1) is 15.9. The number of rotatable bonds is 4. The van der Waals surface area contributed by atoms with Crippen molar-refractivity contribution in [2.45, 2.75) is 44.9 Å². The van der Waals surface area contributed by atoms with Crippen molar-refractivity contribution in [1.29, 1.82) is 0 Å². The number of hydrazone groups is 1. The number of nitrogens with zero attached hydrogens (tertiary/aromatic N) is 2. The van der Waals surface area contributed by atoms with Crippen molar-refractivity contribution >= 4 is 21.6 Å². The van der Waals surface area contributed by atoms with E-state index in [1.165, 1.54) is 37.0 Å². The number of benzene rings is 1. The minimum atomic E-state index is 0.550. The van der Waals surface area contributed by atoms with Gasteiger partial charge < -0.3 is 4.74 Å². The van der Waals surface area contributed by atoms with Crippen molar-refractivity contribution in [2.24, 2.45) is 11.0 Å². The predicted octanol–water partition coefficient (Wildman–Crippen LogP) is 4.81. The Morgan fingerprint density at radius 2 is 2.05 bits per heavy atom. The zero-order valence-corrected chi connectivity index (χ0v) is 15.1. The van der Waals surface area contributed by atoms with E-state index < -0.39 is 0 Å². The van der Waals surface area contributed by atoms with Crippen LogP contribution in [-0.4, -0.2) is 30.9 Å². The summed E-state index contributed by atoms with van der Waals surface area (Å²) in [6.45, 7) is 3.83. The average Bonchev–Trinajstić information content (AvgIpc) is 2.94. The quantitative estimate of drug-likeness (QED) is 0.765. The van der Waals surface area contributed by atoms with Crippen LogP contribution in [0.2, 0.25) is 0 Å². The maximum atomic E-state index is 5.92. The molecule has 0 bridgehead atoms. The highest BCUT2D eigenvalue weighted by molar-refractivity contribution is 9.10. The Hall–Kier alpha value is -1.03. The fourth-order valence-corrected chi connectivity index (χ4v) is 4.19. The van der Waals surface area contributed by atoms with Gasteiger partial charge in [0, 0.05) is 36.1 Å². The Morgan fingerprint density at radius 1 is 1.27 bits per heavy atom. The minimum Gasteiger partial charge on any atom is -0.494 e. The molecule has 1 aromatic rings. The predicted molar refractivity (Wildman–Crippen MR) is 94.7 cm³/mol. The Labute approximate surface area is 141 Å². The Kier molecular flexibility index (Phi) is 5.07. The van der Waals surface area contributed by atoms with E-state index in [1.54, 1.807) is 0 Å². The zero-order chi connectivity index (χ0) is 15.5. The third-order valence-electron chi connectivity index (χ3n) is 4.86. The van der Waals surface area contributed by atoms with E-state index in [9.17, 15) is 0 Å². The molecule has 0 radical (unpaired) electrons. The van der Waals surface area contributed by atoms with Crippen LogP contribution >= 0.6 is 15.9 Å². The Balaban J connectivity index is 1.92. The van der Waals surface area contributed by atoms with Gasteiger partial charge >= 0.3 is 0 Å². The largest absolute Gasteiger partial charge is 0.494 e. The van der Waals surface area contributed by atoms with Gasteiger partial charge in [0.2, 0.25) is 0 Å². The van der Waals surface area contributed by atoms with Crippen LogP contribution in [0.3, 0.4) is 0 Å². The monoisotopic (exact) mass is 364 g/mol. The van der Waals surface area contributed by atoms with Crippen molar-refractivity contribution in [1.82, 2.24) is 5.01 Å². The van der Waals surface area contributed by atoms with Gasteiger partial charge in [-0.05, 0) is 43.4 Å². The van der Waals surface area contributed by atoms with Gasteiger partial charge in [-0.15, -0.1) is 0 Å². The lowest BCUT2D eigenvalue weighted by Crippen LogP contribution is -2.25. The van der Waals surface area contributed by atoms with Crippen LogP contribution < -0.4 is 4.74 Å².